The third-order valence-electron chi connectivity index (χ3n) is 4.87. The molecule has 0 bridgehead atoms. The molecule has 0 aliphatic carbocycles. The second-order valence-corrected chi connectivity index (χ2v) is 7.51. The molecule has 2 amide bonds. The Hall–Kier alpha value is -5.12. The first-order valence-corrected chi connectivity index (χ1v) is 11.1. The minimum atomic E-state index is -0.544. The Kier molecular flexibility index (Phi) is 11.7. The third-order valence-corrected chi connectivity index (χ3v) is 4.87. The molecule has 0 atom stereocenters. The van der Waals surface area contributed by atoms with Crippen molar-refractivity contribution in [2.24, 2.45) is 10.2 Å². The summed E-state index contributed by atoms with van der Waals surface area (Å²) in [5.41, 5.74) is 5.49. The molecule has 4 aromatic rings. The van der Waals surface area contributed by atoms with E-state index in [0.29, 0.717) is 11.1 Å². The molecule has 0 aliphatic heterocycles. The van der Waals surface area contributed by atoms with Crippen molar-refractivity contribution in [1.29, 1.82) is 0 Å². The van der Waals surface area contributed by atoms with Crippen LogP contribution in [-0.2, 0) is 17.1 Å². The van der Waals surface area contributed by atoms with Crippen LogP contribution in [0.15, 0.2) is 107 Å². The Labute approximate surface area is 234 Å². The van der Waals surface area contributed by atoms with Crippen molar-refractivity contribution in [2.45, 2.75) is 0 Å². The van der Waals surface area contributed by atoms with Crippen LogP contribution in [0.2, 0.25) is 0 Å². The predicted octanol–water partition coefficient (Wildman–Crippen LogP) is 2.46. The number of carbonyl (C=O) groups excluding carboxylic acids is 2. The van der Waals surface area contributed by atoms with Gasteiger partial charge >= 0.3 is 17.1 Å². The fourth-order valence-corrected chi connectivity index (χ4v) is 2.95. The Bertz CT molecular complexity index is 1360. The van der Waals surface area contributed by atoms with Crippen molar-refractivity contribution >= 4 is 24.2 Å². The van der Waals surface area contributed by atoms with E-state index in [2.05, 4.69) is 21.1 Å². The number of nitrogens with zero attached hydrogens (tertiary/aromatic N) is 2. The van der Waals surface area contributed by atoms with Gasteiger partial charge < -0.3 is 20.4 Å². The Morgan fingerprint density at radius 2 is 0.923 bits per heavy atom. The molecule has 0 unspecified atom stereocenters. The van der Waals surface area contributed by atoms with Gasteiger partial charge in [0.05, 0.1) is 23.6 Å². The molecule has 0 aromatic heterocycles. The van der Waals surface area contributed by atoms with Crippen LogP contribution in [0.4, 0.5) is 0 Å². The first-order valence-electron chi connectivity index (χ1n) is 11.1. The SMILES string of the molecule is O=C(N/N=C\c1ccccc1[O-])c1ccccc1O.O=C(NN=Cc1ccccc1[O-])c1ccccc1O.[Fe+2]. The van der Waals surface area contributed by atoms with E-state index in [0.717, 1.165) is 0 Å². The topological polar surface area (TPSA) is 169 Å². The molecule has 0 spiro atoms. The van der Waals surface area contributed by atoms with Gasteiger partial charge in [0.15, 0.2) is 0 Å². The van der Waals surface area contributed by atoms with Crippen molar-refractivity contribution < 1.29 is 47.1 Å². The third kappa shape index (κ3) is 9.04. The fourth-order valence-electron chi connectivity index (χ4n) is 2.95. The number of amides is 2. The van der Waals surface area contributed by atoms with Crippen LogP contribution in [0.1, 0.15) is 31.8 Å². The van der Waals surface area contributed by atoms with Crippen LogP contribution in [0, 0.1) is 0 Å². The number of carbonyl (C=O) groups is 2. The average Bonchev–Trinajstić information content (AvgIpc) is 2.91. The van der Waals surface area contributed by atoms with Gasteiger partial charge in [-0.25, -0.2) is 10.9 Å². The molecule has 0 saturated heterocycles. The van der Waals surface area contributed by atoms with Gasteiger partial charge in [-0.2, -0.15) is 10.2 Å². The standard InChI is InChI=1S/2C14H12N2O3.Fe/c2*17-12-7-3-1-5-10(12)9-15-16-14(19)11-6-2-4-8-13(11)18;/h2*1-9,17-18H,(H,16,19);/q;;+2/p-2/b15-9-;;. The van der Waals surface area contributed by atoms with E-state index in [9.17, 15) is 30.0 Å². The maximum Gasteiger partial charge on any atom is 2.00 e. The number of benzene rings is 4. The number of phenols is 2. The predicted molar refractivity (Wildman–Crippen MR) is 138 cm³/mol. The summed E-state index contributed by atoms with van der Waals surface area (Å²) < 4.78 is 0. The molecule has 0 aliphatic rings. The van der Waals surface area contributed by atoms with Crippen LogP contribution < -0.4 is 21.1 Å². The van der Waals surface area contributed by atoms with Gasteiger partial charge in [-0.05, 0) is 35.4 Å². The summed E-state index contributed by atoms with van der Waals surface area (Å²) in [4.78, 5) is 23.4. The molecule has 0 saturated carbocycles. The number of rotatable bonds is 6. The van der Waals surface area contributed by atoms with Gasteiger partial charge in [0.25, 0.3) is 11.8 Å². The van der Waals surface area contributed by atoms with E-state index in [1.807, 2.05) is 0 Å². The molecule has 0 fully saturated rings. The molecule has 0 heterocycles. The molecular formula is C28H22FeN4O6. The smallest absolute Gasteiger partial charge is 0.872 e. The van der Waals surface area contributed by atoms with Crippen LogP contribution in [0.5, 0.6) is 23.0 Å². The summed E-state index contributed by atoms with van der Waals surface area (Å²) >= 11 is 0. The Balaban J connectivity index is 0.000000267. The molecule has 0 radical (unpaired) electrons. The van der Waals surface area contributed by atoms with Gasteiger partial charge in [-0.1, -0.05) is 84.3 Å². The van der Waals surface area contributed by atoms with Crippen LogP contribution in [0.25, 0.3) is 0 Å². The quantitative estimate of drug-likeness (QED) is 0.159. The molecule has 10 nitrogen and oxygen atoms in total. The molecule has 39 heavy (non-hydrogen) atoms. The van der Waals surface area contributed by atoms with E-state index in [-0.39, 0.29) is 51.2 Å². The Morgan fingerprint density at radius 1 is 0.590 bits per heavy atom. The maximum absolute atomic E-state index is 11.7. The summed E-state index contributed by atoms with van der Waals surface area (Å²) in [6, 6.07) is 24.9. The number of para-hydroxylation sites is 4. The van der Waals surface area contributed by atoms with Crippen LogP contribution in [0.3, 0.4) is 0 Å². The first kappa shape index (κ1) is 30.1. The normalized spacial score (nSPS) is 10.3. The van der Waals surface area contributed by atoms with E-state index < -0.39 is 11.8 Å². The maximum atomic E-state index is 11.7. The van der Waals surface area contributed by atoms with Crippen molar-refractivity contribution in [3.05, 3.63) is 119 Å². The van der Waals surface area contributed by atoms with Crippen molar-refractivity contribution in [1.82, 2.24) is 10.9 Å². The van der Waals surface area contributed by atoms with Crippen LogP contribution in [-0.4, -0.2) is 34.5 Å². The van der Waals surface area contributed by atoms with Crippen molar-refractivity contribution in [3.63, 3.8) is 0 Å². The number of phenolic OH excluding ortho intramolecular Hbond substituents is 2. The minimum Gasteiger partial charge on any atom is -0.872 e. The van der Waals surface area contributed by atoms with E-state index >= 15 is 0 Å². The zero-order valence-electron chi connectivity index (χ0n) is 20.2. The number of aromatic hydroxyl groups is 2. The van der Waals surface area contributed by atoms with E-state index in [1.165, 1.54) is 48.8 Å². The summed E-state index contributed by atoms with van der Waals surface area (Å²) in [7, 11) is 0. The van der Waals surface area contributed by atoms with E-state index in [4.69, 9.17) is 0 Å². The largest absolute Gasteiger partial charge is 2.00 e. The number of hydrogen-bond donors (Lipinski definition) is 4. The molecule has 4 aromatic carbocycles. The average molecular weight is 566 g/mol. The first-order chi connectivity index (χ1) is 18.4. The van der Waals surface area contributed by atoms with Gasteiger partial charge in [0.1, 0.15) is 11.5 Å². The number of hydrazone groups is 2. The fraction of sp³-hybridized carbons (Fsp3) is 0. The monoisotopic (exact) mass is 566 g/mol. The van der Waals surface area contributed by atoms with Gasteiger partial charge in [-0.3, -0.25) is 9.59 Å². The molecule has 4 N–H and O–H groups in total. The molecule has 11 heteroatoms. The molecule has 4 rings (SSSR count). The molecule has 198 valence electrons. The minimum absolute atomic E-state index is 0. The zero-order valence-corrected chi connectivity index (χ0v) is 21.3. The van der Waals surface area contributed by atoms with E-state index in [1.54, 1.807) is 60.7 Å². The van der Waals surface area contributed by atoms with Crippen LogP contribution >= 0.6 is 0 Å². The summed E-state index contributed by atoms with van der Waals surface area (Å²) in [5, 5.41) is 49.1. The molecular weight excluding hydrogens is 544 g/mol. The Morgan fingerprint density at radius 3 is 1.28 bits per heavy atom. The van der Waals surface area contributed by atoms with Gasteiger partial charge in [0, 0.05) is 0 Å². The second-order valence-electron chi connectivity index (χ2n) is 7.51. The summed E-state index contributed by atoms with van der Waals surface area (Å²) in [6.07, 6.45) is 2.53. The summed E-state index contributed by atoms with van der Waals surface area (Å²) in [5.74, 6) is -1.69. The van der Waals surface area contributed by atoms with Gasteiger partial charge in [-0.15, -0.1) is 0 Å². The summed E-state index contributed by atoms with van der Waals surface area (Å²) in [6.45, 7) is 0. The number of hydrogen-bond acceptors (Lipinski definition) is 8. The zero-order chi connectivity index (χ0) is 27.3. The number of nitrogens with one attached hydrogen (secondary N) is 2. The van der Waals surface area contributed by atoms with Crippen molar-refractivity contribution in [2.75, 3.05) is 0 Å². The second kappa shape index (κ2) is 15.2. The van der Waals surface area contributed by atoms with Gasteiger partial charge in [0.2, 0.25) is 0 Å². The van der Waals surface area contributed by atoms with Crippen molar-refractivity contribution in [3.8, 4) is 23.0 Å².